The third-order valence-corrected chi connectivity index (χ3v) is 6.94. The molecule has 3 rings (SSSR count). The molecule has 0 saturated carbocycles. The first-order valence-electron chi connectivity index (χ1n) is 10.0. The van der Waals surface area contributed by atoms with Crippen LogP contribution in [-0.4, -0.2) is 11.4 Å². The minimum atomic E-state index is 0.0105. The molecule has 29 heavy (non-hydrogen) atoms. The Morgan fingerprint density at radius 1 is 0.759 bits per heavy atom. The lowest BCUT2D eigenvalue weighted by molar-refractivity contribution is 0.134. The molecule has 3 heteroatoms. The molecule has 0 fully saturated rings. The van der Waals surface area contributed by atoms with E-state index in [2.05, 4.69) is 85.4 Å². The summed E-state index contributed by atoms with van der Waals surface area (Å²) in [6, 6.07) is 31.6. The van der Waals surface area contributed by atoms with Crippen molar-refractivity contribution in [2.24, 2.45) is 5.92 Å². The highest BCUT2D eigenvalue weighted by molar-refractivity contribution is 8.16. The monoisotopic (exact) mass is 420 g/mol. The smallest absolute Gasteiger partial charge is 0.158 e. The van der Waals surface area contributed by atoms with Crippen molar-refractivity contribution in [3.05, 3.63) is 109 Å². The minimum absolute atomic E-state index is 0.0105. The van der Waals surface area contributed by atoms with Crippen LogP contribution < -0.4 is 0 Å². The number of hydrogen-bond donors (Lipinski definition) is 0. The molecule has 0 saturated heterocycles. The van der Waals surface area contributed by atoms with Gasteiger partial charge in [-0.2, -0.15) is 0 Å². The number of rotatable bonds is 12. The molecule has 0 heterocycles. The van der Waals surface area contributed by atoms with E-state index < -0.39 is 0 Å². The van der Waals surface area contributed by atoms with Gasteiger partial charge in [-0.3, -0.25) is 0 Å². The van der Waals surface area contributed by atoms with Crippen molar-refractivity contribution in [2.45, 2.75) is 33.8 Å². The number of ether oxygens (including phenoxy) is 1. The molecule has 3 aromatic rings. The van der Waals surface area contributed by atoms with E-state index in [1.54, 1.807) is 23.5 Å². The van der Waals surface area contributed by atoms with Gasteiger partial charge in [-0.15, -0.1) is 6.58 Å². The quantitative estimate of drug-likeness (QED) is 0.169. The lowest BCUT2D eigenvalue weighted by atomic mass is 10.0. The average molecular weight is 421 g/mol. The SMILES string of the molecule is C=CC(CCCc1ccccc1)COC(Sc1ccccc1)Sc1ccccc1. The van der Waals surface area contributed by atoms with Gasteiger partial charge in [-0.25, -0.2) is 0 Å². The predicted molar refractivity (Wildman–Crippen MR) is 127 cm³/mol. The van der Waals surface area contributed by atoms with E-state index in [9.17, 15) is 0 Å². The third kappa shape index (κ3) is 8.14. The molecule has 0 amide bonds. The van der Waals surface area contributed by atoms with Crippen LogP contribution in [0.1, 0.15) is 18.4 Å². The molecule has 0 aliphatic heterocycles. The van der Waals surface area contributed by atoms with E-state index in [1.807, 2.05) is 18.2 Å². The molecule has 0 N–H and O–H groups in total. The second-order valence-corrected chi connectivity index (χ2v) is 9.43. The van der Waals surface area contributed by atoms with Crippen molar-refractivity contribution in [3.8, 4) is 0 Å². The van der Waals surface area contributed by atoms with E-state index in [0.717, 1.165) is 19.3 Å². The van der Waals surface area contributed by atoms with Gasteiger partial charge in [-0.05, 0) is 49.1 Å². The second-order valence-electron chi connectivity index (χ2n) is 6.86. The summed E-state index contributed by atoms with van der Waals surface area (Å²) in [5.74, 6) is 0.369. The van der Waals surface area contributed by atoms with Crippen molar-refractivity contribution >= 4 is 23.5 Å². The minimum Gasteiger partial charge on any atom is -0.356 e. The van der Waals surface area contributed by atoms with Crippen molar-refractivity contribution in [2.75, 3.05) is 6.61 Å². The fraction of sp³-hybridized carbons (Fsp3) is 0.231. The molecular weight excluding hydrogens is 392 g/mol. The second kappa shape index (κ2) is 12.6. The Labute approximate surface area is 183 Å². The van der Waals surface area contributed by atoms with Crippen LogP contribution in [0.3, 0.4) is 0 Å². The lowest BCUT2D eigenvalue weighted by Gasteiger charge is -2.20. The van der Waals surface area contributed by atoms with Gasteiger partial charge in [0, 0.05) is 15.7 Å². The van der Waals surface area contributed by atoms with Gasteiger partial charge in [0.1, 0.15) is 0 Å². The molecule has 0 aromatic heterocycles. The molecule has 0 aliphatic rings. The summed E-state index contributed by atoms with van der Waals surface area (Å²) in [7, 11) is 0. The number of aryl methyl sites for hydroxylation is 1. The van der Waals surface area contributed by atoms with Gasteiger partial charge in [0.15, 0.2) is 4.77 Å². The van der Waals surface area contributed by atoms with E-state index in [1.165, 1.54) is 15.4 Å². The number of benzene rings is 3. The van der Waals surface area contributed by atoms with Crippen molar-refractivity contribution in [3.63, 3.8) is 0 Å². The van der Waals surface area contributed by atoms with E-state index in [4.69, 9.17) is 4.74 Å². The van der Waals surface area contributed by atoms with Crippen molar-refractivity contribution in [1.82, 2.24) is 0 Å². The maximum absolute atomic E-state index is 6.36. The number of hydrogen-bond acceptors (Lipinski definition) is 3. The summed E-state index contributed by atoms with van der Waals surface area (Å²) in [6.45, 7) is 4.74. The highest BCUT2D eigenvalue weighted by Gasteiger charge is 2.15. The van der Waals surface area contributed by atoms with Gasteiger partial charge in [0.2, 0.25) is 0 Å². The van der Waals surface area contributed by atoms with Gasteiger partial charge < -0.3 is 4.74 Å². The molecule has 1 atom stereocenters. The van der Waals surface area contributed by atoms with Crippen LogP contribution in [0.15, 0.2) is 113 Å². The Balaban J connectivity index is 1.53. The highest BCUT2D eigenvalue weighted by atomic mass is 32.2. The van der Waals surface area contributed by atoms with Crippen LogP contribution in [0.4, 0.5) is 0 Å². The Kier molecular flexibility index (Phi) is 9.44. The van der Waals surface area contributed by atoms with Gasteiger partial charge in [0.05, 0.1) is 6.61 Å². The summed E-state index contributed by atoms with van der Waals surface area (Å²) >= 11 is 3.53. The Hall–Kier alpha value is -1.94. The molecular formula is C26H28OS2. The van der Waals surface area contributed by atoms with Crippen LogP contribution >= 0.6 is 23.5 Å². The lowest BCUT2D eigenvalue weighted by Crippen LogP contribution is -2.13. The summed E-state index contributed by atoms with van der Waals surface area (Å²) in [5, 5.41) is 0. The zero-order valence-electron chi connectivity index (χ0n) is 16.7. The average Bonchev–Trinajstić information content (AvgIpc) is 2.78. The molecule has 0 spiro atoms. The molecule has 3 aromatic carbocycles. The van der Waals surface area contributed by atoms with Crippen LogP contribution in [-0.2, 0) is 11.2 Å². The summed E-state index contributed by atoms with van der Waals surface area (Å²) < 4.78 is 6.37. The first-order chi connectivity index (χ1) is 14.3. The van der Waals surface area contributed by atoms with Gasteiger partial charge in [0.25, 0.3) is 0 Å². The van der Waals surface area contributed by atoms with Crippen LogP contribution in [0.2, 0.25) is 0 Å². The van der Waals surface area contributed by atoms with Gasteiger partial charge >= 0.3 is 0 Å². The standard InChI is InChI=1S/C26H28OS2/c1-2-22(15-12-16-23-13-6-3-7-14-23)21-27-26(28-24-17-8-4-9-18-24)29-25-19-10-5-11-20-25/h2-11,13-14,17-20,22,26H,1,12,15-16,21H2. The van der Waals surface area contributed by atoms with Crippen LogP contribution in [0.25, 0.3) is 0 Å². The van der Waals surface area contributed by atoms with E-state index >= 15 is 0 Å². The number of thioether (sulfide) groups is 2. The molecule has 0 radical (unpaired) electrons. The van der Waals surface area contributed by atoms with Gasteiger partial charge in [-0.1, -0.05) is 96.3 Å². The fourth-order valence-corrected chi connectivity index (χ4v) is 5.22. The van der Waals surface area contributed by atoms with E-state index in [-0.39, 0.29) is 4.77 Å². The summed E-state index contributed by atoms with van der Waals surface area (Å²) in [6.07, 6.45) is 5.39. The molecule has 150 valence electrons. The predicted octanol–water partition coefficient (Wildman–Crippen LogP) is 7.70. The molecule has 0 bridgehead atoms. The maximum atomic E-state index is 6.36. The Morgan fingerprint density at radius 2 is 1.28 bits per heavy atom. The molecule has 1 unspecified atom stereocenters. The zero-order valence-corrected chi connectivity index (χ0v) is 18.3. The first kappa shape index (κ1) is 21.8. The fourth-order valence-electron chi connectivity index (χ4n) is 3.00. The Morgan fingerprint density at radius 3 is 1.79 bits per heavy atom. The van der Waals surface area contributed by atoms with Crippen molar-refractivity contribution < 1.29 is 4.74 Å². The first-order valence-corrected chi connectivity index (χ1v) is 11.8. The van der Waals surface area contributed by atoms with Crippen molar-refractivity contribution in [1.29, 1.82) is 0 Å². The summed E-state index contributed by atoms with van der Waals surface area (Å²) in [5.41, 5.74) is 1.40. The topological polar surface area (TPSA) is 9.23 Å². The zero-order chi connectivity index (χ0) is 20.2. The van der Waals surface area contributed by atoms with E-state index in [0.29, 0.717) is 12.5 Å². The molecule has 1 nitrogen and oxygen atoms in total. The third-order valence-electron chi connectivity index (χ3n) is 4.61. The molecule has 0 aliphatic carbocycles. The van der Waals surface area contributed by atoms with Crippen LogP contribution in [0.5, 0.6) is 0 Å². The maximum Gasteiger partial charge on any atom is 0.158 e. The Bertz CT molecular complexity index is 780. The van der Waals surface area contributed by atoms with Crippen LogP contribution in [0, 0.1) is 5.92 Å². The largest absolute Gasteiger partial charge is 0.356 e. The highest BCUT2D eigenvalue weighted by Crippen LogP contribution is 2.36. The summed E-state index contributed by atoms with van der Waals surface area (Å²) in [4.78, 5) is 2.44. The normalized spacial score (nSPS) is 12.0.